The average Bonchev–Trinajstić information content (AvgIpc) is 3.27. The molecule has 5 aromatic rings. The fourth-order valence-corrected chi connectivity index (χ4v) is 5.43. The lowest BCUT2D eigenvalue weighted by Gasteiger charge is -2.15. The third-order valence-corrected chi connectivity index (χ3v) is 7.09. The van der Waals surface area contributed by atoms with Crippen LogP contribution >= 0.6 is 0 Å². The average molecular weight is 428 g/mol. The van der Waals surface area contributed by atoms with E-state index in [9.17, 15) is 0 Å². The van der Waals surface area contributed by atoms with Gasteiger partial charge in [-0.3, -0.25) is 0 Å². The highest BCUT2D eigenvalue weighted by Crippen LogP contribution is 2.39. The molecule has 2 heterocycles. The Bertz CT molecular complexity index is 1580. The van der Waals surface area contributed by atoms with Crippen LogP contribution in [-0.2, 0) is 5.41 Å². The highest BCUT2D eigenvalue weighted by molar-refractivity contribution is 6.10. The van der Waals surface area contributed by atoms with E-state index in [1.165, 1.54) is 50.0 Å². The molecule has 1 aliphatic heterocycles. The lowest BCUT2D eigenvalue weighted by molar-refractivity contribution is -0.401. The molecule has 0 spiro atoms. The van der Waals surface area contributed by atoms with Crippen LogP contribution in [0.25, 0.3) is 33.6 Å². The van der Waals surface area contributed by atoms with Crippen molar-refractivity contribution in [1.82, 2.24) is 4.57 Å². The van der Waals surface area contributed by atoms with Crippen LogP contribution in [0.5, 0.6) is 0 Å². The van der Waals surface area contributed by atoms with Gasteiger partial charge in [-0.05, 0) is 55.8 Å². The molecule has 0 saturated carbocycles. The maximum Gasteiger partial charge on any atom is 0.209 e. The van der Waals surface area contributed by atoms with E-state index in [0.29, 0.717) is 0 Å². The van der Waals surface area contributed by atoms with Gasteiger partial charge in [-0.1, -0.05) is 60.7 Å². The predicted octanol–water partition coefficient (Wildman–Crippen LogP) is 7.50. The van der Waals surface area contributed by atoms with E-state index in [4.69, 9.17) is 0 Å². The first kappa shape index (κ1) is 19.8. The van der Waals surface area contributed by atoms with Crippen LogP contribution in [0.3, 0.4) is 0 Å². The van der Waals surface area contributed by atoms with Gasteiger partial charge in [0.2, 0.25) is 5.69 Å². The van der Waals surface area contributed by atoms with Crippen LogP contribution in [0.1, 0.15) is 25.0 Å². The van der Waals surface area contributed by atoms with E-state index in [2.05, 4.69) is 139 Å². The Morgan fingerprint density at radius 1 is 0.697 bits per heavy atom. The second kappa shape index (κ2) is 7.31. The highest BCUT2D eigenvalue weighted by atomic mass is 15.0. The lowest BCUT2D eigenvalue weighted by Crippen LogP contribution is -2.26. The quantitative estimate of drug-likeness (QED) is 0.263. The maximum atomic E-state index is 2.36. The van der Waals surface area contributed by atoms with E-state index in [1.54, 1.807) is 0 Å². The summed E-state index contributed by atoms with van der Waals surface area (Å²) in [6, 6.07) is 34.8. The molecule has 4 aromatic carbocycles. The first-order valence-corrected chi connectivity index (χ1v) is 11.5. The van der Waals surface area contributed by atoms with E-state index < -0.39 is 0 Å². The van der Waals surface area contributed by atoms with Gasteiger partial charge in [-0.15, -0.1) is 0 Å². The minimum atomic E-state index is -0.0186. The molecule has 33 heavy (non-hydrogen) atoms. The molecule has 0 atom stereocenters. The first-order valence-electron chi connectivity index (χ1n) is 11.5. The van der Waals surface area contributed by atoms with Crippen molar-refractivity contribution < 1.29 is 4.58 Å². The van der Waals surface area contributed by atoms with Crippen molar-refractivity contribution >= 4 is 39.3 Å². The fourth-order valence-electron chi connectivity index (χ4n) is 5.43. The third-order valence-electron chi connectivity index (χ3n) is 7.09. The highest BCUT2D eigenvalue weighted by Gasteiger charge is 2.42. The summed E-state index contributed by atoms with van der Waals surface area (Å²) in [4.78, 5) is 0. The summed E-state index contributed by atoms with van der Waals surface area (Å²) in [5, 5.41) is 2.56. The predicted molar refractivity (Wildman–Crippen MR) is 140 cm³/mol. The minimum Gasteiger partial charge on any atom is -0.309 e. The molecular weight excluding hydrogens is 400 g/mol. The molecule has 1 aromatic heterocycles. The van der Waals surface area contributed by atoms with Gasteiger partial charge in [0, 0.05) is 34.2 Å². The molecule has 0 radical (unpaired) electrons. The first-order chi connectivity index (χ1) is 16.1. The van der Waals surface area contributed by atoms with Gasteiger partial charge in [-0.25, -0.2) is 0 Å². The Labute approximate surface area is 194 Å². The van der Waals surface area contributed by atoms with E-state index in [0.717, 1.165) is 0 Å². The van der Waals surface area contributed by atoms with Crippen LogP contribution in [0.15, 0.2) is 103 Å². The Kier molecular flexibility index (Phi) is 4.38. The molecule has 0 fully saturated rings. The molecular formula is C31H27N2+. The van der Waals surface area contributed by atoms with Crippen molar-refractivity contribution in [2.24, 2.45) is 0 Å². The summed E-state index contributed by atoms with van der Waals surface area (Å²) >= 11 is 0. The normalized spacial score (nSPS) is 15.1. The van der Waals surface area contributed by atoms with E-state index in [-0.39, 0.29) is 5.41 Å². The summed E-state index contributed by atoms with van der Waals surface area (Å²) in [5.74, 6) is 0. The van der Waals surface area contributed by atoms with Gasteiger partial charge in [0.25, 0.3) is 0 Å². The van der Waals surface area contributed by atoms with Crippen LogP contribution in [0, 0.1) is 0 Å². The molecule has 0 N–H and O–H groups in total. The summed E-state index contributed by atoms with van der Waals surface area (Å²) in [6.07, 6.45) is 4.55. The van der Waals surface area contributed by atoms with Crippen molar-refractivity contribution in [2.75, 3.05) is 7.05 Å². The molecule has 0 unspecified atom stereocenters. The van der Waals surface area contributed by atoms with Gasteiger partial charge in [0.1, 0.15) is 7.05 Å². The second-order valence-corrected chi connectivity index (χ2v) is 9.38. The van der Waals surface area contributed by atoms with Crippen molar-refractivity contribution in [3.05, 3.63) is 114 Å². The van der Waals surface area contributed by atoms with Gasteiger partial charge in [-0.2, -0.15) is 4.58 Å². The van der Waals surface area contributed by atoms with Gasteiger partial charge in [0.05, 0.1) is 16.4 Å². The van der Waals surface area contributed by atoms with Crippen LogP contribution in [-0.4, -0.2) is 21.9 Å². The molecule has 0 bridgehead atoms. The topological polar surface area (TPSA) is 7.94 Å². The number of aromatic nitrogens is 1. The lowest BCUT2D eigenvalue weighted by atomic mass is 9.81. The van der Waals surface area contributed by atoms with Crippen LogP contribution in [0.2, 0.25) is 0 Å². The summed E-state index contributed by atoms with van der Waals surface area (Å²) in [6.45, 7) is 4.62. The zero-order valence-corrected chi connectivity index (χ0v) is 19.3. The molecule has 2 nitrogen and oxygen atoms in total. The van der Waals surface area contributed by atoms with E-state index in [1.807, 2.05) is 0 Å². The monoisotopic (exact) mass is 427 g/mol. The van der Waals surface area contributed by atoms with Gasteiger partial charge in [0.15, 0.2) is 5.71 Å². The number of allylic oxidation sites excluding steroid dienone is 1. The van der Waals surface area contributed by atoms with Gasteiger partial charge < -0.3 is 4.57 Å². The number of hydrogen-bond donors (Lipinski definition) is 0. The number of rotatable bonds is 3. The Morgan fingerprint density at radius 2 is 1.39 bits per heavy atom. The third kappa shape index (κ3) is 2.98. The Morgan fingerprint density at radius 3 is 2.21 bits per heavy atom. The Hall–Kier alpha value is -3.91. The van der Waals surface area contributed by atoms with Crippen molar-refractivity contribution in [2.45, 2.75) is 19.3 Å². The molecule has 2 heteroatoms. The van der Waals surface area contributed by atoms with Crippen LogP contribution < -0.4 is 0 Å². The molecule has 6 rings (SSSR count). The summed E-state index contributed by atoms with van der Waals surface area (Å²) < 4.78 is 4.68. The second-order valence-electron chi connectivity index (χ2n) is 9.38. The zero-order chi connectivity index (χ0) is 22.6. The van der Waals surface area contributed by atoms with Crippen molar-refractivity contribution in [1.29, 1.82) is 0 Å². The van der Waals surface area contributed by atoms with Crippen molar-refractivity contribution in [3.63, 3.8) is 0 Å². The SMILES string of the molecule is C[N+]1=C(/C=C/c2ccc3c(c2)c2ccccc2n3-c2ccccc2)C(C)(C)c2ccccc21. The number of hydrogen-bond acceptors (Lipinski definition) is 0. The largest absolute Gasteiger partial charge is 0.309 e. The Balaban J connectivity index is 1.48. The number of fused-ring (bicyclic) bond motifs is 4. The molecule has 1 aliphatic rings. The maximum absolute atomic E-state index is 2.36. The minimum absolute atomic E-state index is 0.0186. The standard InChI is InChI=1S/C31H27N2/c1-31(2)26-14-8-10-16-29(26)32(3)30(31)20-18-22-17-19-28-25(21-22)24-13-7-9-15-27(24)33(28)23-11-5-4-6-12-23/h4-21H,1-3H3/q+1. The smallest absolute Gasteiger partial charge is 0.209 e. The van der Waals surface area contributed by atoms with Crippen molar-refractivity contribution in [3.8, 4) is 5.69 Å². The number of benzene rings is 4. The van der Waals surface area contributed by atoms with E-state index >= 15 is 0 Å². The fraction of sp³-hybridized carbons (Fsp3) is 0.129. The molecule has 160 valence electrons. The summed E-state index contributed by atoms with van der Waals surface area (Å²) in [5.41, 5.74) is 8.85. The van der Waals surface area contributed by atoms with Crippen LogP contribution in [0.4, 0.5) is 5.69 Å². The zero-order valence-electron chi connectivity index (χ0n) is 19.3. The number of para-hydroxylation sites is 3. The molecule has 0 saturated heterocycles. The number of nitrogens with zero attached hydrogens (tertiary/aromatic N) is 2. The summed E-state index contributed by atoms with van der Waals surface area (Å²) in [7, 11) is 2.17. The molecule has 0 aliphatic carbocycles. The van der Waals surface area contributed by atoms with Gasteiger partial charge >= 0.3 is 0 Å². The molecule has 0 amide bonds.